The number of amides is 2. The minimum absolute atomic E-state index is 0.0385. The SMILES string of the molecule is Cn1cc(C(=O)N2CCCCC2c2cc(C(=O)N3CCOCC3)n[nH]2)cn1. The van der Waals surface area contributed by atoms with Crippen LogP contribution < -0.4 is 0 Å². The molecule has 2 aromatic rings. The number of rotatable bonds is 3. The maximum atomic E-state index is 12.9. The molecular weight excluding hydrogens is 348 g/mol. The van der Waals surface area contributed by atoms with Crippen LogP contribution in [-0.4, -0.2) is 74.4 Å². The lowest BCUT2D eigenvalue weighted by molar-refractivity contribution is 0.0299. The van der Waals surface area contributed by atoms with Crippen molar-refractivity contribution in [2.45, 2.75) is 25.3 Å². The number of carbonyl (C=O) groups excluding carboxylic acids is 2. The molecule has 0 radical (unpaired) electrons. The van der Waals surface area contributed by atoms with Crippen molar-refractivity contribution in [3.63, 3.8) is 0 Å². The minimum Gasteiger partial charge on any atom is -0.378 e. The van der Waals surface area contributed by atoms with E-state index in [-0.39, 0.29) is 17.9 Å². The fraction of sp³-hybridized carbons (Fsp3) is 0.556. The number of ether oxygens (including phenoxy) is 1. The first-order valence-electron chi connectivity index (χ1n) is 9.35. The van der Waals surface area contributed by atoms with Crippen LogP contribution in [0.15, 0.2) is 18.5 Å². The Morgan fingerprint density at radius 2 is 2.00 bits per heavy atom. The number of likely N-dealkylation sites (tertiary alicyclic amines) is 1. The van der Waals surface area contributed by atoms with Crippen LogP contribution in [-0.2, 0) is 11.8 Å². The third-order valence-corrected chi connectivity index (χ3v) is 5.19. The average molecular weight is 372 g/mol. The second-order valence-corrected chi connectivity index (χ2v) is 7.03. The van der Waals surface area contributed by atoms with Gasteiger partial charge >= 0.3 is 0 Å². The van der Waals surface area contributed by atoms with E-state index < -0.39 is 0 Å². The predicted octanol–water partition coefficient (Wildman–Crippen LogP) is 0.983. The Morgan fingerprint density at radius 3 is 2.74 bits per heavy atom. The Morgan fingerprint density at radius 1 is 1.19 bits per heavy atom. The van der Waals surface area contributed by atoms with Gasteiger partial charge < -0.3 is 14.5 Å². The van der Waals surface area contributed by atoms with E-state index in [0.717, 1.165) is 25.0 Å². The normalized spacial score (nSPS) is 20.7. The molecule has 2 aromatic heterocycles. The van der Waals surface area contributed by atoms with Gasteiger partial charge in [0.05, 0.1) is 36.7 Å². The predicted molar refractivity (Wildman–Crippen MR) is 96.1 cm³/mol. The molecule has 2 amide bonds. The van der Waals surface area contributed by atoms with E-state index in [0.29, 0.717) is 44.1 Å². The maximum absolute atomic E-state index is 12.9. The zero-order valence-electron chi connectivity index (χ0n) is 15.4. The molecule has 0 aliphatic carbocycles. The molecule has 144 valence electrons. The van der Waals surface area contributed by atoms with Gasteiger partial charge in [-0.25, -0.2) is 0 Å². The quantitative estimate of drug-likeness (QED) is 0.866. The van der Waals surface area contributed by atoms with E-state index in [1.807, 2.05) is 4.90 Å². The third kappa shape index (κ3) is 3.59. The van der Waals surface area contributed by atoms with Crippen LogP contribution in [0.2, 0.25) is 0 Å². The van der Waals surface area contributed by atoms with Gasteiger partial charge in [0.1, 0.15) is 5.69 Å². The highest BCUT2D eigenvalue weighted by Gasteiger charge is 2.31. The Hall–Kier alpha value is -2.68. The second kappa shape index (κ2) is 7.51. The highest BCUT2D eigenvalue weighted by atomic mass is 16.5. The van der Waals surface area contributed by atoms with Gasteiger partial charge in [0.25, 0.3) is 11.8 Å². The molecule has 1 N–H and O–H groups in total. The lowest BCUT2D eigenvalue weighted by Gasteiger charge is -2.34. The van der Waals surface area contributed by atoms with E-state index in [4.69, 9.17) is 4.74 Å². The molecule has 1 atom stereocenters. The molecule has 2 aliphatic heterocycles. The lowest BCUT2D eigenvalue weighted by Crippen LogP contribution is -2.40. The molecule has 0 bridgehead atoms. The molecule has 27 heavy (non-hydrogen) atoms. The molecular formula is C18H24N6O3. The van der Waals surface area contributed by atoms with Crippen molar-refractivity contribution in [3.05, 3.63) is 35.4 Å². The molecule has 0 saturated carbocycles. The Kier molecular flexibility index (Phi) is 4.93. The highest BCUT2D eigenvalue weighted by Crippen LogP contribution is 2.31. The van der Waals surface area contributed by atoms with Gasteiger partial charge in [-0.15, -0.1) is 0 Å². The van der Waals surface area contributed by atoms with Crippen molar-refractivity contribution >= 4 is 11.8 Å². The van der Waals surface area contributed by atoms with Crippen molar-refractivity contribution in [3.8, 4) is 0 Å². The highest BCUT2D eigenvalue weighted by molar-refractivity contribution is 5.94. The molecule has 2 saturated heterocycles. The maximum Gasteiger partial charge on any atom is 0.274 e. The molecule has 1 unspecified atom stereocenters. The summed E-state index contributed by atoms with van der Waals surface area (Å²) in [6.07, 6.45) is 6.17. The summed E-state index contributed by atoms with van der Waals surface area (Å²) >= 11 is 0. The number of nitrogens with zero attached hydrogens (tertiary/aromatic N) is 5. The molecule has 0 spiro atoms. The summed E-state index contributed by atoms with van der Waals surface area (Å²) in [6, 6.07) is 1.68. The van der Waals surface area contributed by atoms with Crippen LogP contribution in [0.25, 0.3) is 0 Å². The summed E-state index contributed by atoms with van der Waals surface area (Å²) in [5.74, 6) is -0.134. The molecule has 9 heteroatoms. The first-order chi connectivity index (χ1) is 13.1. The van der Waals surface area contributed by atoms with Crippen LogP contribution >= 0.6 is 0 Å². The zero-order chi connectivity index (χ0) is 18.8. The number of H-pyrrole nitrogens is 1. The molecule has 9 nitrogen and oxygen atoms in total. The largest absolute Gasteiger partial charge is 0.378 e. The van der Waals surface area contributed by atoms with Crippen LogP contribution in [0.3, 0.4) is 0 Å². The van der Waals surface area contributed by atoms with Gasteiger partial charge in [-0.3, -0.25) is 19.4 Å². The second-order valence-electron chi connectivity index (χ2n) is 7.03. The van der Waals surface area contributed by atoms with Crippen molar-refractivity contribution < 1.29 is 14.3 Å². The number of hydrogen-bond donors (Lipinski definition) is 1. The number of aromatic amines is 1. The summed E-state index contributed by atoms with van der Waals surface area (Å²) in [5.41, 5.74) is 1.78. The number of carbonyl (C=O) groups is 2. The van der Waals surface area contributed by atoms with Crippen molar-refractivity contribution in [1.82, 2.24) is 29.8 Å². The molecule has 4 rings (SSSR count). The van der Waals surface area contributed by atoms with Crippen molar-refractivity contribution in [2.75, 3.05) is 32.8 Å². The van der Waals surface area contributed by atoms with Gasteiger partial charge in [-0.1, -0.05) is 0 Å². The molecule has 2 aliphatic rings. The number of aryl methyl sites for hydroxylation is 1. The topological polar surface area (TPSA) is 96.4 Å². The first-order valence-corrected chi connectivity index (χ1v) is 9.35. The summed E-state index contributed by atoms with van der Waals surface area (Å²) in [4.78, 5) is 29.2. The molecule has 2 fully saturated rings. The minimum atomic E-state index is -0.106. The summed E-state index contributed by atoms with van der Waals surface area (Å²) in [5, 5.41) is 11.3. The van der Waals surface area contributed by atoms with E-state index in [1.165, 1.54) is 0 Å². The monoisotopic (exact) mass is 372 g/mol. The Balaban J connectivity index is 1.53. The lowest BCUT2D eigenvalue weighted by atomic mass is 9.98. The van der Waals surface area contributed by atoms with Gasteiger partial charge in [-0.2, -0.15) is 10.2 Å². The fourth-order valence-corrected chi connectivity index (χ4v) is 3.74. The summed E-state index contributed by atoms with van der Waals surface area (Å²) < 4.78 is 6.92. The van der Waals surface area contributed by atoms with Crippen LogP contribution in [0.1, 0.15) is 51.8 Å². The van der Waals surface area contributed by atoms with Crippen molar-refractivity contribution in [2.24, 2.45) is 7.05 Å². The van der Waals surface area contributed by atoms with Crippen LogP contribution in [0.5, 0.6) is 0 Å². The number of aromatic nitrogens is 4. The van der Waals surface area contributed by atoms with E-state index in [2.05, 4.69) is 15.3 Å². The number of morpholine rings is 1. The summed E-state index contributed by atoms with van der Waals surface area (Å²) in [6.45, 7) is 2.95. The molecule has 0 aromatic carbocycles. The zero-order valence-corrected chi connectivity index (χ0v) is 15.4. The molecule has 4 heterocycles. The number of piperidine rings is 1. The Labute approximate surface area is 157 Å². The standard InChI is InChI=1S/C18H24N6O3/c1-22-12-13(11-19-22)17(25)24-5-3-2-4-16(24)14-10-15(21-20-14)18(26)23-6-8-27-9-7-23/h10-12,16H,2-9H2,1H3,(H,20,21). The smallest absolute Gasteiger partial charge is 0.274 e. The van der Waals surface area contributed by atoms with Gasteiger partial charge in [0.15, 0.2) is 0 Å². The fourth-order valence-electron chi connectivity index (χ4n) is 3.74. The van der Waals surface area contributed by atoms with E-state index in [9.17, 15) is 9.59 Å². The van der Waals surface area contributed by atoms with Crippen molar-refractivity contribution in [1.29, 1.82) is 0 Å². The van der Waals surface area contributed by atoms with Gasteiger partial charge in [-0.05, 0) is 25.3 Å². The number of hydrogen-bond acceptors (Lipinski definition) is 5. The van der Waals surface area contributed by atoms with Gasteiger partial charge in [0.2, 0.25) is 0 Å². The van der Waals surface area contributed by atoms with E-state index in [1.54, 1.807) is 35.1 Å². The van der Waals surface area contributed by atoms with Gasteiger partial charge in [0, 0.05) is 32.9 Å². The first kappa shape index (κ1) is 17.7. The van der Waals surface area contributed by atoms with Crippen LogP contribution in [0, 0.1) is 0 Å². The summed E-state index contributed by atoms with van der Waals surface area (Å²) in [7, 11) is 1.79. The van der Waals surface area contributed by atoms with E-state index >= 15 is 0 Å². The Bertz CT molecular complexity index is 823. The van der Waals surface area contributed by atoms with Crippen LogP contribution in [0.4, 0.5) is 0 Å². The number of nitrogens with one attached hydrogen (secondary N) is 1. The third-order valence-electron chi connectivity index (χ3n) is 5.19. The average Bonchev–Trinajstić information content (AvgIpc) is 3.37.